The largest absolute Gasteiger partial charge is 0.495 e. The molecule has 0 radical (unpaired) electrons. The molecule has 8 nitrogen and oxygen atoms in total. The van der Waals surface area contributed by atoms with Crippen LogP contribution in [0.15, 0.2) is 47.4 Å². The minimum absolute atomic E-state index is 0.00487. The van der Waals surface area contributed by atoms with Crippen LogP contribution in [-0.4, -0.2) is 51.4 Å². The molecule has 0 aliphatic carbocycles. The van der Waals surface area contributed by atoms with E-state index in [0.717, 1.165) is 4.31 Å². The average Bonchev–Trinajstić information content (AvgIpc) is 2.67. The Hall–Kier alpha value is -2.91. The second-order valence-corrected chi connectivity index (χ2v) is 9.21. The summed E-state index contributed by atoms with van der Waals surface area (Å²) in [7, 11) is 0.527. The van der Waals surface area contributed by atoms with Crippen LogP contribution in [0.2, 0.25) is 0 Å². The number of benzene rings is 2. The molecule has 1 amide bonds. The van der Waals surface area contributed by atoms with E-state index in [-0.39, 0.29) is 22.8 Å². The Morgan fingerprint density at radius 2 is 1.90 bits per heavy atom. The van der Waals surface area contributed by atoms with Crippen LogP contribution < -0.4 is 10.1 Å². The number of carbonyl (C=O) groups excluding carboxylic acids is 2. The number of ether oxygens (including phenoxy) is 2. The molecule has 0 unspecified atom stereocenters. The predicted octanol–water partition coefficient (Wildman–Crippen LogP) is 2.06. The molecular formula is C20H22N2O6S. The highest BCUT2D eigenvalue weighted by molar-refractivity contribution is 7.89. The molecule has 154 valence electrons. The van der Waals surface area contributed by atoms with Gasteiger partial charge in [-0.3, -0.25) is 4.79 Å². The molecule has 0 spiro atoms. The average molecular weight is 418 g/mol. The highest BCUT2D eigenvalue weighted by Gasteiger charge is 2.43. The van der Waals surface area contributed by atoms with E-state index in [0.29, 0.717) is 11.1 Å². The third-order valence-corrected chi connectivity index (χ3v) is 6.57. The van der Waals surface area contributed by atoms with E-state index < -0.39 is 27.5 Å². The first-order chi connectivity index (χ1) is 13.6. The number of anilines is 1. The van der Waals surface area contributed by atoms with Crippen LogP contribution in [-0.2, 0) is 26.0 Å². The van der Waals surface area contributed by atoms with Crippen molar-refractivity contribution in [1.82, 2.24) is 4.31 Å². The summed E-state index contributed by atoms with van der Waals surface area (Å²) in [5.41, 5.74) is -0.157. The Kier molecular flexibility index (Phi) is 5.38. The number of hydrogen-bond donors (Lipinski definition) is 1. The first-order valence-electron chi connectivity index (χ1n) is 8.82. The topological polar surface area (TPSA) is 102 Å². The Balaban J connectivity index is 1.94. The zero-order valence-corrected chi connectivity index (χ0v) is 17.4. The van der Waals surface area contributed by atoms with Crippen molar-refractivity contribution in [2.24, 2.45) is 0 Å². The zero-order valence-electron chi connectivity index (χ0n) is 16.6. The molecule has 1 atom stereocenters. The molecule has 1 N–H and O–H groups in total. The van der Waals surface area contributed by atoms with E-state index in [1.54, 1.807) is 24.3 Å². The number of esters is 1. The fraction of sp³-hybridized carbons (Fsp3) is 0.300. The number of fused-ring (bicyclic) bond motifs is 1. The molecule has 0 fully saturated rings. The SMILES string of the molecule is COc1ccc(S(=O)(=O)N(C)C)cc1NC(=O)[C@]1(C)Cc2ccccc2C(=O)O1. The summed E-state index contributed by atoms with van der Waals surface area (Å²) in [5.74, 6) is -0.888. The third kappa shape index (κ3) is 3.83. The number of rotatable bonds is 5. The van der Waals surface area contributed by atoms with Gasteiger partial charge in [-0.15, -0.1) is 0 Å². The molecule has 9 heteroatoms. The van der Waals surface area contributed by atoms with Crippen molar-refractivity contribution < 1.29 is 27.5 Å². The molecule has 2 aromatic carbocycles. The molecular weight excluding hydrogens is 396 g/mol. The van der Waals surface area contributed by atoms with Gasteiger partial charge in [0, 0.05) is 20.5 Å². The van der Waals surface area contributed by atoms with Crippen LogP contribution in [0.1, 0.15) is 22.8 Å². The molecule has 0 aromatic heterocycles. The fourth-order valence-electron chi connectivity index (χ4n) is 3.07. The Morgan fingerprint density at radius 1 is 1.21 bits per heavy atom. The van der Waals surface area contributed by atoms with Crippen LogP contribution in [0, 0.1) is 0 Å². The number of nitrogens with zero attached hydrogens (tertiary/aromatic N) is 1. The summed E-state index contributed by atoms with van der Waals surface area (Å²) in [6, 6.07) is 11.1. The molecule has 2 aromatic rings. The van der Waals surface area contributed by atoms with E-state index in [1.165, 1.54) is 46.3 Å². The second-order valence-electron chi connectivity index (χ2n) is 7.06. The molecule has 29 heavy (non-hydrogen) atoms. The highest BCUT2D eigenvalue weighted by atomic mass is 32.2. The van der Waals surface area contributed by atoms with Crippen molar-refractivity contribution >= 4 is 27.6 Å². The van der Waals surface area contributed by atoms with Crippen molar-refractivity contribution in [2.45, 2.75) is 23.8 Å². The quantitative estimate of drug-likeness (QED) is 0.746. The van der Waals surface area contributed by atoms with Crippen molar-refractivity contribution in [3.8, 4) is 5.75 Å². The molecule has 0 saturated heterocycles. The molecule has 1 aliphatic rings. The Morgan fingerprint density at radius 3 is 2.55 bits per heavy atom. The van der Waals surface area contributed by atoms with Crippen LogP contribution in [0.3, 0.4) is 0 Å². The monoisotopic (exact) mass is 418 g/mol. The van der Waals surface area contributed by atoms with Crippen LogP contribution in [0.4, 0.5) is 5.69 Å². The molecule has 0 bridgehead atoms. The molecule has 1 aliphatic heterocycles. The van der Waals surface area contributed by atoms with Crippen LogP contribution in [0.25, 0.3) is 0 Å². The number of methoxy groups -OCH3 is 1. The van der Waals surface area contributed by atoms with Gasteiger partial charge in [-0.2, -0.15) is 0 Å². The lowest BCUT2D eigenvalue weighted by atomic mass is 9.89. The highest BCUT2D eigenvalue weighted by Crippen LogP contribution is 2.32. The predicted molar refractivity (Wildman–Crippen MR) is 106 cm³/mol. The molecule has 0 saturated carbocycles. The van der Waals surface area contributed by atoms with Crippen molar-refractivity contribution in [3.63, 3.8) is 0 Å². The normalized spacial score (nSPS) is 18.7. The number of nitrogens with one attached hydrogen (secondary N) is 1. The first-order valence-corrected chi connectivity index (χ1v) is 10.3. The molecule has 1 heterocycles. The van der Waals surface area contributed by atoms with Crippen molar-refractivity contribution in [3.05, 3.63) is 53.6 Å². The number of carbonyl (C=O) groups is 2. The summed E-state index contributed by atoms with van der Waals surface area (Å²) in [4.78, 5) is 25.3. The minimum Gasteiger partial charge on any atom is -0.495 e. The summed E-state index contributed by atoms with van der Waals surface area (Å²) in [6.07, 6.45) is 0.193. The fourth-order valence-corrected chi connectivity index (χ4v) is 4.00. The van der Waals surface area contributed by atoms with Gasteiger partial charge in [0.1, 0.15) is 5.75 Å². The maximum Gasteiger partial charge on any atom is 0.339 e. The molecule has 3 rings (SSSR count). The van der Waals surface area contributed by atoms with Crippen LogP contribution in [0.5, 0.6) is 5.75 Å². The second kappa shape index (κ2) is 7.49. The van der Waals surface area contributed by atoms with E-state index in [1.807, 2.05) is 0 Å². The smallest absolute Gasteiger partial charge is 0.339 e. The number of sulfonamides is 1. The number of hydrogen-bond acceptors (Lipinski definition) is 6. The van der Waals surface area contributed by atoms with Gasteiger partial charge in [0.2, 0.25) is 10.0 Å². The standard InChI is InChI=1S/C20H22N2O6S/c1-20(12-13-7-5-6-8-15(13)18(23)28-20)19(24)21-16-11-14(9-10-17(16)27-4)29(25,26)22(2)3/h5-11H,12H2,1-4H3,(H,21,24)/t20-/m0/s1. The summed E-state index contributed by atoms with van der Waals surface area (Å²) in [6.45, 7) is 1.52. The van der Waals surface area contributed by atoms with E-state index >= 15 is 0 Å². The van der Waals surface area contributed by atoms with E-state index in [9.17, 15) is 18.0 Å². The lowest BCUT2D eigenvalue weighted by molar-refractivity contribution is -0.134. The summed E-state index contributed by atoms with van der Waals surface area (Å²) < 4.78 is 36.6. The van der Waals surface area contributed by atoms with Crippen molar-refractivity contribution in [1.29, 1.82) is 0 Å². The van der Waals surface area contributed by atoms with Gasteiger partial charge in [0.05, 0.1) is 23.3 Å². The van der Waals surface area contributed by atoms with Crippen molar-refractivity contribution in [2.75, 3.05) is 26.5 Å². The maximum atomic E-state index is 13.0. The van der Waals surface area contributed by atoms with E-state index in [2.05, 4.69) is 5.32 Å². The van der Waals surface area contributed by atoms with E-state index in [4.69, 9.17) is 9.47 Å². The van der Waals surface area contributed by atoms with Gasteiger partial charge in [-0.1, -0.05) is 18.2 Å². The summed E-state index contributed by atoms with van der Waals surface area (Å²) in [5, 5.41) is 2.65. The first kappa shape index (κ1) is 20.8. The van der Waals surface area contributed by atoms with Gasteiger partial charge in [0.15, 0.2) is 5.60 Å². The van der Waals surface area contributed by atoms with Gasteiger partial charge >= 0.3 is 5.97 Å². The van der Waals surface area contributed by atoms with Gasteiger partial charge in [-0.05, 0) is 36.8 Å². The lowest BCUT2D eigenvalue weighted by Gasteiger charge is -2.33. The number of amides is 1. The lowest BCUT2D eigenvalue weighted by Crippen LogP contribution is -2.48. The summed E-state index contributed by atoms with van der Waals surface area (Å²) >= 11 is 0. The third-order valence-electron chi connectivity index (χ3n) is 4.76. The Labute approximate surface area is 169 Å². The Bertz CT molecular complexity index is 1080. The van der Waals surface area contributed by atoms with Gasteiger partial charge < -0.3 is 14.8 Å². The maximum absolute atomic E-state index is 13.0. The zero-order chi connectivity index (χ0) is 21.4. The van der Waals surface area contributed by atoms with Gasteiger partial charge in [0.25, 0.3) is 5.91 Å². The van der Waals surface area contributed by atoms with Gasteiger partial charge in [-0.25, -0.2) is 17.5 Å². The minimum atomic E-state index is -3.71. The number of cyclic esters (lactones) is 1. The van der Waals surface area contributed by atoms with Crippen LogP contribution >= 0.6 is 0 Å².